The lowest BCUT2D eigenvalue weighted by Crippen LogP contribution is -2.53. The molecule has 0 aliphatic heterocycles. The fraction of sp³-hybridized carbons (Fsp3) is 0.417. The van der Waals surface area contributed by atoms with Gasteiger partial charge in [-0.25, -0.2) is 0 Å². The highest BCUT2D eigenvalue weighted by Gasteiger charge is 2.36. The molecule has 1 N–H and O–H groups in total. The number of amides is 1. The second kappa shape index (κ2) is 6.62. The van der Waals surface area contributed by atoms with Crippen LogP contribution in [0.4, 0.5) is 0 Å². The van der Waals surface area contributed by atoms with Crippen molar-refractivity contribution in [2.24, 2.45) is 0 Å². The van der Waals surface area contributed by atoms with E-state index in [2.05, 4.69) is 5.32 Å². The third-order valence-corrected chi connectivity index (χ3v) is 2.99. The molecule has 100 valence electrons. The van der Waals surface area contributed by atoms with E-state index in [0.717, 1.165) is 5.56 Å². The molecule has 0 saturated carbocycles. The minimum Gasteiger partial charge on any atom is -0.337 e. The molecule has 1 aromatic rings. The van der Waals surface area contributed by atoms with Crippen molar-refractivity contribution in [3.05, 3.63) is 35.9 Å². The largest absolute Gasteiger partial charge is 0.337 e. The zero-order chi connectivity index (χ0) is 13.8. The molecule has 0 bridgehead atoms. The predicted molar refractivity (Wildman–Crippen MR) is 75.8 cm³/mol. The van der Waals surface area contributed by atoms with Gasteiger partial charge in [0.25, 0.3) is 0 Å². The molecule has 1 amide bonds. The summed E-state index contributed by atoms with van der Waals surface area (Å²) < 4.78 is -1.59. The van der Waals surface area contributed by atoms with Crippen LogP contribution >= 0.6 is 34.8 Å². The van der Waals surface area contributed by atoms with Crippen LogP contribution in [0.5, 0.6) is 0 Å². The van der Waals surface area contributed by atoms with E-state index in [0.29, 0.717) is 6.54 Å². The Labute approximate surface area is 122 Å². The first-order valence-electron chi connectivity index (χ1n) is 5.38. The maximum Gasteiger partial charge on any atom is 0.223 e. The Hall–Kier alpha value is -0.480. The summed E-state index contributed by atoms with van der Waals surface area (Å²) in [7, 11) is 1.79. The normalized spacial score (nSPS) is 13.4. The number of carbonyl (C=O) groups excluding carboxylic acids is 1. The van der Waals surface area contributed by atoms with Gasteiger partial charge in [0.2, 0.25) is 9.70 Å². The van der Waals surface area contributed by atoms with Crippen molar-refractivity contribution in [1.82, 2.24) is 10.2 Å². The van der Waals surface area contributed by atoms with Crippen molar-refractivity contribution < 1.29 is 4.79 Å². The Bertz CT molecular complexity index is 392. The summed E-state index contributed by atoms with van der Waals surface area (Å²) in [4.78, 5) is 12.9. The maximum absolute atomic E-state index is 11.1. The first kappa shape index (κ1) is 15.6. The summed E-state index contributed by atoms with van der Waals surface area (Å²) in [5, 5.41) is 2.63. The van der Waals surface area contributed by atoms with Gasteiger partial charge in [-0.2, -0.15) is 0 Å². The van der Waals surface area contributed by atoms with Crippen LogP contribution in [0.25, 0.3) is 0 Å². The van der Waals surface area contributed by atoms with Crippen molar-refractivity contribution in [2.75, 3.05) is 7.05 Å². The van der Waals surface area contributed by atoms with Crippen molar-refractivity contribution in [1.29, 1.82) is 0 Å². The highest BCUT2D eigenvalue weighted by atomic mass is 35.6. The Morgan fingerprint density at radius 3 is 2.33 bits per heavy atom. The summed E-state index contributed by atoms with van der Waals surface area (Å²) in [5.41, 5.74) is 1.07. The highest BCUT2D eigenvalue weighted by molar-refractivity contribution is 6.68. The third-order valence-electron chi connectivity index (χ3n) is 2.37. The monoisotopic (exact) mass is 308 g/mol. The van der Waals surface area contributed by atoms with Crippen molar-refractivity contribution >= 4 is 40.7 Å². The van der Waals surface area contributed by atoms with Gasteiger partial charge in [0.05, 0.1) is 0 Å². The lowest BCUT2D eigenvalue weighted by molar-refractivity contribution is -0.120. The number of carbonyl (C=O) groups is 1. The van der Waals surface area contributed by atoms with Crippen LogP contribution in [0.15, 0.2) is 30.3 Å². The number of alkyl halides is 3. The Morgan fingerprint density at radius 2 is 1.89 bits per heavy atom. The lowest BCUT2D eigenvalue weighted by Gasteiger charge is -2.33. The van der Waals surface area contributed by atoms with E-state index < -0.39 is 9.96 Å². The average molecular weight is 310 g/mol. The molecule has 18 heavy (non-hydrogen) atoms. The second-order valence-corrected chi connectivity index (χ2v) is 6.41. The van der Waals surface area contributed by atoms with Gasteiger partial charge in [-0.15, -0.1) is 0 Å². The molecule has 0 aromatic heterocycles. The first-order valence-corrected chi connectivity index (χ1v) is 6.52. The van der Waals surface area contributed by atoms with Crippen LogP contribution in [0.1, 0.15) is 12.5 Å². The number of nitrogens with zero attached hydrogens (tertiary/aromatic N) is 1. The summed E-state index contributed by atoms with van der Waals surface area (Å²) in [5.74, 6) is -0.244. The molecule has 1 aromatic carbocycles. The number of hydrogen-bond donors (Lipinski definition) is 1. The minimum absolute atomic E-state index is 0.244. The van der Waals surface area contributed by atoms with Gasteiger partial charge in [-0.05, 0) is 12.6 Å². The number of halogens is 3. The van der Waals surface area contributed by atoms with Crippen LogP contribution in [0, 0.1) is 0 Å². The Morgan fingerprint density at radius 1 is 1.33 bits per heavy atom. The van der Waals surface area contributed by atoms with Gasteiger partial charge in [0.1, 0.15) is 6.17 Å². The molecule has 6 heteroatoms. The van der Waals surface area contributed by atoms with Crippen molar-refractivity contribution in [3.63, 3.8) is 0 Å². The summed E-state index contributed by atoms with van der Waals surface area (Å²) in [6.07, 6.45) is -0.680. The van der Waals surface area contributed by atoms with E-state index in [1.165, 1.54) is 6.92 Å². The van der Waals surface area contributed by atoms with E-state index >= 15 is 0 Å². The molecule has 0 spiro atoms. The summed E-state index contributed by atoms with van der Waals surface area (Å²) in [6, 6.07) is 9.75. The van der Waals surface area contributed by atoms with Gasteiger partial charge in [0.15, 0.2) is 0 Å². The molecular formula is C12H15Cl3N2O. The fourth-order valence-corrected chi connectivity index (χ4v) is 2.26. The molecule has 0 saturated heterocycles. The van der Waals surface area contributed by atoms with Gasteiger partial charge < -0.3 is 5.32 Å². The summed E-state index contributed by atoms with van der Waals surface area (Å²) >= 11 is 17.6. The molecule has 1 rings (SSSR count). The van der Waals surface area contributed by atoms with E-state index in [-0.39, 0.29) is 5.91 Å². The van der Waals surface area contributed by atoms with E-state index in [4.69, 9.17) is 34.8 Å². The summed E-state index contributed by atoms with van der Waals surface area (Å²) in [6.45, 7) is 1.96. The SMILES string of the molecule is CC(=O)N[C@H](N(C)Cc1ccccc1)C(Cl)(Cl)Cl. The average Bonchev–Trinajstić information content (AvgIpc) is 2.25. The molecule has 0 aliphatic rings. The van der Waals surface area contributed by atoms with Crippen LogP contribution in [-0.4, -0.2) is 27.8 Å². The number of hydrogen-bond acceptors (Lipinski definition) is 2. The Balaban J connectivity index is 2.77. The van der Waals surface area contributed by atoms with E-state index in [1.807, 2.05) is 30.3 Å². The first-order chi connectivity index (χ1) is 8.30. The van der Waals surface area contributed by atoms with Crippen molar-refractivity contribution in [3.8, 4) is 0 Å². The van der Waals surface area contributed by atoms with E-state index in [9.17, 15) is 4.79 Å². The minimum atomic E-state index is -1.59. The van der Waals surface area contributed by atoms with Crippen molar-refractivity contribution in [2.45, 2.75) is 23.4 Å². The molecular weight excluding hydrogens is 295 g/mol. The number of nitrogens with one attached hydrogen (secondary N) is 1. The van der Waals surface area contributed by atoms with Crippen LogP contribution in [0.2, 0.25) is 0 Å². The predicted octanol–water partition coefficient (Wildman–Crippen LogP) is 2.95. The topological polar surface area (TPSA) is 32.3 Å². The van der Waals surface area contributed by atoms with Crippen LogP contribution < -0.4 is 5.32 Å². The van der Waals surface area contributed by atoms with Gasteiger partial charge in [-0.3, -0.25) is 9.69 Å². The zero-order valence-electron chi connectivity index (χ0n) is 10.2. The Kier molecular flexibility index (Phi) is 5.73. The molecule has 1 atom stereocenters. The zero-order valence-corrected chi connectivity index (χ0v) is 12.4. The molecule has 0 unspecified atom stereocenters. The molecule has 0 heterocycles. The maximum atomic E-state index is 11.1. The molecule has 0 fully saturated rings. The van der Waals surface area contributed by atoms with Gasteiger partial charge >= 0.3 is 0 Å². The number of benzene rings is 1. The number of rotatable bonds is 4. The molecule has 0 radical (unpaired) electrons. The quantitative estimate of drug-likeness (QED) is 0.685. The molecule has 3 nitrogen and oxygen atoms in total. The van der Waals surface area contributed by atoms with Crippen LogP contribution in [0.3, 0.4) is 0 Å². The lowest BCUT2D eigenvalue weighted by atomic mass is 10.2. The smallest absolute Gasteiger partial charge is 0.223 e. The third kappa shape index (κ3) is 5.02. The van der Waals surface area contributed by atoms with Gasteiger partial charge in [-0.1, -0.05) is 65.1 Å². The van der Waals surface area contributed by atoms with E-state index in [1.54, 1.807) is 11.9 Å². The second-order valence-electron chi connectivity index (χ2n) is 4.05. The highest BCUT2D eigenvalue weighted by Crippen LogP contribution is 2.32. The molecule has 0 aliphatic carbocycles. The standard InChI is InChI=1S/C12H15Cl3N2O/c1-9(18)16-11(12(13,14)15)17(2)8-10-6-4-3-5-7-10/h3-7,11H,8H2,1-2H3,(H,16,18)/t11-/m1/s1. The van der Waals surface area contributed by atoms with Gasteiger partial charge in [0, 0.05) is 13.5 Å². The fourth-order valence-electron chi connectivity index (χ4n) is 1.60. The van der Waals surface area contributed by atoms with Crippen LogP contribution in [-0.2, 0) is 11.3 Å².